The summed E-state index contributed by atoms with van der Waals surface area (Å²) in [6, 6.07) is 6.77. The number of carbonyl (C=O) groups excluding carboxylic acids is 3. The maximum absolute atomic E-state index is 12.0. The topological polar surface area (TPSA) is 98.5 Å². The highest BCUT2D eigenvalue weighted by Gasteiger charge is 2.25. The molecule has 0 aromatic heterocycles. The van der Waals surface area contributed by atoms with Crippen LogP contribution in [-0.2, 0) is 20.9 Å². The number of hydrogen-bond donors (Lipinski definition) is 2. The third kappa shape index (κ3) is 5.95. The molecule has 0 aliphatic carbocycles. The number of benzene rings is 1. The average molecular weight is 306 g/mol. The molecular weight excluding hydrogens is 284 g/mol. The third-order valence-corrected chi connectivity index (χ3v) is 3.19. The number of rotatable bonds is 7. The largest absolute Gasteiger partial charge is 0.469 e. The Morgan fingerprint density at radius 3 is 2.50 bits per heavy atom. The van der Waals surface area contributed by atoms with Gasteiger partial charge in [-0.25, -0.2) is 0 Å². The summed E-state index contributed by atoms with van der Waals surface area (Å²) in [6.45, 7) is 3.96. The Balaban J connectivity index is 2.54. The zero-order valence-corrected chi connectivity index (χ0v) is 13.1. The van der Waals surface area contributed by atoms with E-state index in [0.717, 1.165) is 5.56 Å². The van der Waals surface area contributed by atoms with Crippen molar-refractivity contribution in [3.8, 4) is 0 Å². The number of nitrogens with two attached hydrogens (primary N) is 1. The van der Waals surface area contributed by atoms with Crippen LogP contribution < -0.4 is 11.1 Å². The molecule has 0 aliphatic heterocycles. The number of nitrogens with one attached hydrogen (secondary N) is 1. The zero-order valence-electron chi connectivity index (χ0n) is 13.1. The molecule has 0 spiro atoms. The second-order valence-corrected chi connectivity index (χ2v) is 5.94. The van der Waals surface area contributed by atoms with Gasteiger partial charge in [0, 0.05) is 18.5 Å². The highest BCUT2D eigenvalue weighted by molar-refractivity contribution is 5.92. The standard InChI is InChI=1S/C16H22N2O4/c1-16(2,9-14(20)22-3)8-13(19)18-10-11-5-4-6-12(7-11)15(17)21/h4-7H,8-10H2,1-3H3,(H2,17,21)(H,18,19). The second-order valence-electron chi connectivity index (χ2n) is 5.94. The van der Waals surface area contributed by atoms with E-state index in [9.17, 15) is 14.4 Å². The molecule has 22 heavy (non-hydrogen) atoms. The summed E-state index contributed by atoms with van der Waals surface area (Å²) < 4.78 is 4.62. The maximum atomic E-state index is 12.0. The molecule has 0 fully saturated rings. The van der Waals surface area contributed by atoms with Gasteiger partial charge in [0.25, 0.3) is 0 Å². The average Bonchev–Trinajstić information content (AvgIpc) is 2.44. The minimum absolute atomic E-state index is 0.168. The summed E-state index contributed by atoms with van der Waals surface area (Å²) in [4.78, 5) is 34.4. The van der Waals surface area contributed by atoms with Gasteiger partial charge in [0.2, 0.25) is 11.8 Å². The van der Waals surface area contributed by atoms with Gasteiger partial charge in [-0.05, 0) is 23.1 Å². The van der Waals surface area contributed by atoms with E-state index in [1.807, 2.05) is 13.8 Å². The van der Waals surface area contributed by atoms with E-state index in [0.29, 0.717) is 12.1 Å². The Hall–Kier alpha value is -2.37. The fourth-order valence-electron chi connectivity index (χ4n) is 2.06. The van der Waals surface area contributed by atoms with Gasteiger partial charge in [0.15, 0.2) is 0 Å². The molecular formula is C16H22N2O4. The van der Waals surface area contributed by atoms with Gasteiger partial charge in [-0.1, -0.05) is 26.0 Å². The van der Waals surface area contributed by atoms with Crippen molar-refractivity contribution in [1.82, 2.24) is 5.32 Å². The summed E-state index contributed by atoms with van der Waals surface area (Å²) in [5.74, 6) is -1.02. The van der Waals surface area contributed by atoms with Crippen molar-refractivity contribution in [2.45, 2.75) is 33.2 Å². The molecule has 0 heterocycles. The monoisotopic (exact) mass is 306 g/mol. The van der Waals surface area contributed by atoms with Crippen molar-refractivity contribution in [3.63, 3.8) is 0 Å². The van der Waals surface area contributed by atoms with Crippen LogP contribution in [0.2, 0.25) is 0 Å². The van der Waals surface area contributed by atoms with Gasteiger partial charge in [-0.15, -0.1) is 0 Å². The molecule has 6 nitrogen and oxygen atoms in total. The van der Waals surface area contributed by atoms with Gasteiger partial charge >= 0.3 is 5.97 Å². The molecule has 3 N–H and O–H groups in total. The highest BCUT2D eigenvalue weighted by atomic mass is 16.5. The van der Waals surface area contributed by atoms with Crippen molar-refractivity contribution >= 4 is 17.8 Å². The number of amides is 2. The number of esters is 1. The zero-order chi connectivity index (χ0) is 16.8. The third-order valence-electron chi connectivity index (χ3n) is 3.19. The molecule has 0 unspecified atom stereocenters. The summed E-state index contributed by atoms with van der Waals surface area (Å²) in [5, 5.41) is 2.77. The van der Waals surface area contributed by atoms with Crippen LogP contribution in [0, 0.1) is 5.41 Å². The van der Waals surface area contributed by atoms with E-state index >= 15 is 0 Å². The molecule has 0 bridgehead atoms. The van der Waals surface area contributed by atoms with E-state index in [1.165, 1.54) is 7.11 Å². The first-order valence-corrected chi connectivity index (χ1v) is 6.96. The van der Waals surface area contributed by atoms with Crippen molar-refractivity contribution < 1.29 is 19.1 Å². The van der Waals surface area contributed by atoms with Crippen LogP contribution in [0.25, 0.3) is 0 Å². The van der Waals surface area contributed by atoms with E-state index in [4.69, 9.17) is 5.73 Å². The van der Waals surface area contributed by atoms with E-state index < -0.39 is 11.3 Å². The lowest BCUT2D eigenvalue weighted by Gasteiger charge is -2.22. The van der Waals surface area contributed by atoms with Crippen molar-refractivity contribution in [1.29, 1.82) is 0 Å². The number of methoxy groups -OCH3 is 1. The lowest BCUT2D eigenvalue weighted by Crippen LogP contribution is -2.30. The lowest BCUT2D eigenvalue weighted by atomic mass is 9.85. The van der Waals surface area contributed by atoms with Crippen LogP contribution in [0.3, 0.4) is 0 Å². The number of ether oxygens (including phenoxy) is 1. The van der Waals surface area contributed by atoms with Crippen molar-refractivity contribution in [3.05, 3.63) is 35.4 Å². The molecule has 1 rings (SSSR count). The van der Waals surface area contributed by atoms with Crippen LogP contribution in [0.15, 0.2) is 24.3 Å². The van der Waals surface area contributed by atoms with Crippen LogP contribution in [0.4, 0.5) is 0 Å². The molecule has 120 valence electrons. The lowest BCUT2D eigenvalue weighted by molar-refractivity contribution is -0.143. The number of hydrogen-bond acceptors (Lipinski definition) is 4. The molecule has 0 saturated carbocycles. The van der Waals surface area contributed by atoms with Crippen molar-refractivity contribution in [2.75, 3.05) is 7.11 Å². The summed E-state index contributed by atoms with van der Waals surface area (Å²) in [6.07, 6.45) is 0.381. The Morgan fingerprint density at radius 2 is 1.91 bits per heavy atom. The summed E-state index contributed by atoms with van der Waals surface area (Å²) in [5.41, 5.74) is 5.92. The minimum atomic E-state index is -0.507. The maximum Gasteiger partial charge on any atom is 0.306 e. The molecule has 0 atom stereocenters. The van der Waals surface area contributed by atoms with Gasteiger partial charge < -0.3 is 15.8 Å². The normalized spacial score (nSPS) is 10.9. The minimum Gasteiger partial charge on any atom is -0.469 e. The van der Waals surface area contributed by atoms with Gasteiger partial charge in [0.1, 0.15) is 0 Å². The molecule has 0 saturated heterocycles. The van der Waals surface area contributed by atoms with Crippen LogP contribution in [0.1, 0.15) is 42.6 Å². The molecule has 6 heteroatoms. The smallest absolute Gasteiger partial charge is 0.306 e. The molecule has 0 radical (unpaired) electrons. The van der Waals surface area contributed by atoms with E-state index in [-0.39, 0.29) is 24.7 Å². The first-order valence-electron chi connectivity index (χ1n) is 6.96. The second kappa shape index (κ2) is 7.59. The van der Waals surface area contributed by atoms with E-state index in [1.54, 1.807) is 24.3 Å². The van der Waals surface area contributed by atoms with Crippen LogP contribution >= 0.6 is 0 Å². The van der Waals surface area contributed by atoms with Crippen LogP contribution in [0.5, 0.6) is 0 Å². The van der Waals surface area contributed by atoms with Crippen LogP contribution in [-0.4, -0.2) is 24.9 Å². The molecule has 2 amide bonds. The molecule has 1 aromatic rings. The number of primary amides is 1. The quantitative estimate of drug-likeness (QED) is 0.743. The van der Waals surface area contributed by atoms with E-state index in [2.05, 4.69) is 10.1 Å². The van der Waals surface area contributed by atoms with Gasteiger partial charge in [-0.2, -0.15) is 0 Å². The Morgan fingerprint density at radius 1 is 1.23 bits per heavy atom. The number of carbonyl (C=O) groups is 3. The predicted molar refractivity (Wildman–Crippen MR) is 81.8 cm³/mol. The summed E-state index contributed by atoms with van der Waals surface area (Å²) in [7, 11) is 1.32. The highest BCUT2D eigenvalue weighted by Crippen LogP contribution is 2.25. The fraction of sp³-hybridized carbons (Fsp3) is 0.438. The molecule has 1 aromatic carbocycles. The Bertz CT molecular complexity index is 567. The first-order chi connectivity index (χ1) is 10.2. The Labute approximate surface area is 130 Å². The molecule has 0 aliphatic rings. The first kappa shape index (κ1) is 17.7. The Kier molecular flexibility index (Phi) is 6.10. The summed E-state index contributed by atoms with van der Waals surface area (Å²) >= 11 is 0. The predicted octanol–water partition coefficient (Wildman–Crippen LogP) is 1.38. The van der Waals surface area contributed by atoms with Gasteiger partial charge in [-0.3, -0.25) is 14.4 Å². The van der Waals surface area contributed by atoms with Crippen molar-refractivity contribution in [2.24, 2.45) is 11.1 Å². The SMILES string of the molecule is COC(=O)CC(C)(C)CC(=O)NCc1cccc(C(N)=O)c1. The van der Waals surface area contributed by atoms with Gasteiger partial charge in [0.05, 0.1) is 13.5 Å². The fourth-order valence-corrected chi connectivity index (χ4v) is 2.06.